The lowest BCUT2D eigenvalue weighted by Crippen LogP contribution is -2.47. The van der Waals surface area contributed by atoms with E-state index in [-0.39, 0.29) is 85.1 Å². The fourth-order valence-electron chi connectivity index (χ4n) is 7.85. The normalized spacial score (nSPS) is 12.8. The number of methoxy groups -OCH3 is 4. The Bertz CT molecular complexity index is 1580. The van der Waals surface area contributed by atoms with E-state index in [0.29, 0.717) is 29.6 Å². The molecule has 0 bridgehead atoms. The first kappa shape index (κ1) is 81.8. The van der Waals surface area contributed by atoms with E-state index in [2.05, 4.69) is 249 Å². The molecule has 0 aliphatic carbocycles. The van der Waals surface area contributed by atoms with E-state index in [4.69, 9.17) is 0 Å². The second-order valence-electron chi connectivity index (χ2n) is 25.4. The molecule has 0 radical (unpaired) electrons. The Hall–Kier alpha value is -4.55. The average Bonchev–Trinajstić information content (AvgIpc) is 3.27. The molecule has 0 fully saturated rings. The van der Waals surface area contributed by atoms with Crippen molar-refractivity contribution in [3.05, 3.63) is 54.2 Å². The van der Waals surface area contributed by atoms with Crippen molar-refractivity contribution < 1.29 is 38.1 Å². The molecule has 0 aliphatic rings. The molecule has 4 amide bonds. The molecule has 13 heteroatoms. The van der Waals surface area contributed by atoms with E-state index in [9.17, 15) is 19.2 Å². The lowest BCUT2D eigenvalue weighted by molar-refractivity contribution is 0.142. The molecule has 0 saturated heterocycles. The van der Waals surface area contributed by atoms with Gasteiger partial charge in [0.1, 0.15) is 0 Å². The quantitative estimate of drug-likeness (QED) is 0.160. The van der Waals surface area contributed by atoms with Crippen molar-refractivity contribution in [2.45, 2.75) is 225 Å². The van der Waals surface area contributed by atoms with Crippen LogP contribution in [0.2, 0.25) is 0 Å². The second kappa shape index (κ2) is 39.8. The monoisotopic (exact) mass is 1060 g/mol. The van der Waals surface area contributed by atoms with Crippen molar-refractivity contribution in [2.75, 3.05) is 28.4 Å². The Kier molecular flexibility index (Phi) is 43.4. The molecule has 1 heterocycles. The predicted octanol–water partition coefficient (Wildman–Crippen LogP) is 17.1. The van der Waals surface area contributed by atoms with Crippen LogP contribution in [-0.4, -0.2) is 82.0 Å². The number of amides is 4. The van der Waals surface area contributed by atoms with Crippen LogP contribution < -0.4 is 21.3 Å². The summed E-state index contributed by atoms with van der Waals surface area (Å²) in [6, 6.07) is 15.2. The highest BCUT2D eigenvalue weighted by Crippen LogP contribution is 2.28. The summed E-state index contributed by atoms with van der Waals surface area (Å²) < 4.78 is 18.3. The van der Waals surface area contributed by atoms with Crippen LogP contribution in [0.3, 0.4) is 0 Å². The van der Waals surface area contributed by atoms with Crippen molar-refractivity contribution in [3.8, 4) is 11.3 Å². The highest BCUT2D eigenvalue weighted by Gasteiger charge is 2.32. The average molecular weight is 1060 g/mol. The first-order valence-electron chi connectivity index (χ1n) is 26.5. The van der Waals surface area contributed by atoms with E-state index in [1.807, 2.05) is 24.4 Å². The number of carbonyl (C=O) groups excluding carboxylic acids is 4. The summed E-state index contributed by atoms with van der Waals surface area (Å²) in [6.07, 6.45) is 0.413. The molecule has 4 unspecified atom stereocenters. The standard InChI is InChI=1S/C14H15N.4C10H21NO2.C6H14.2CH4/c1-11(2)12-6-8-13(9-7-12)14-5-3-4-10-15-14;4*1-7(2)8(10(3,4)5)11-9(12)13-6;1-5(2)6(3)4;;/h3-11H,1-2H3;4*7-8H,1-6H3,(H,11,12);5-6H,1-4H3;2*1H4. The van der Waals surface area contributed by atoms with Gasteiger partial charge in [-0.2, -0.15) is 0 Å². The number of hydrogen-bond acceptors (Lipinski definition) is 9. The third-order valence-corrected chi connectivity index (χ3v) is 12.1. The van der Waals surface area contributed by atoms with Crippen molar-refractivity contribution in [1.82, 2.24) is 26.3 Å². The number of nitrogens with zero attached hydrogens (tertiary/aromatic N) is 1. The van der Waals surface area contributed by atoms with Gasteiger partial charge in [-0.3, -0.25) is 4.98 Å². The molecule has 0 saturated carbocycles. The number of ether oxygens (including phenoxy) is 4. The third kappa shape index (κ3) is 39.5. The van der Waals surface area contributed by atoms with Gasteiger partial charge in [0.05, 0.1) is 34.1 Å². The lowest BCUT2D eigenvalue weighted by atomic mass is 9.80. The number of carbonyl (C=O) groups is 4. The van der Waals surface area contributed by atoms with E-state index < -0.39 is 0 Å². The molecule has 4 N–H and O–H groups in total. The zero-order chi connectivity index (χ0) is 58.4. The van der Waals surface area contributed by atoms with E-state index in [0.717, 1.165) is 17.5 Å². The second-order valence-corrected chi connectivity index (χ2v) is 25.4. The van der Waals surface area contributed by atoms with Gasteiger partial charge in [-0.15, -0.1) is 0 Å². The molecule has 13 nitrogen and oxygen atoms in total. The van der Waals surface area contributed by atoms with E-state index >= 15 is 0 Å². The Morgan fingerprint density at radius 2 is 0.627 bits per heavy atom. The van der Waals surface area contributed by atoms with E-state index in [1.54, 1.807) is 0 Å². The highest BCUT2D eigenvalue weighted by molar-refractivity contribution is 5.68. The minimum absolute atomic E-state index is 0. The molecular weight excluding hydrogens is 943 g/mol. The van der Waals surface area contributed by atoms with Gasteiger partial charge in [0.2, 0.25) is 0 Å². The fraction of sp³-hybridized carbons (Fsp3) is 0.758. The van der Waals surface area contributed by atoms with Gasteiger partial charge >= 0.3 is 24.4 Å². The van der Waals surface area contributed by atoms with Crippen LogP contribution in [0, 0.1) is 57.2 Å². The number of pyridine rings is 1. The van der Waals surface area contributed by atoms with Crippen LogP contribution >= 0.6 is 0 Å². The summed E-state index contributed by atoms with van der Waals surface area (Å²) in [5.41, 5.74) is 3.82. The molecule has 2 rings (SSSR count). The van der Waals surface area contributed by atoms with Crippen molar-refractivity contribution in [2.24, 2.45) is 57.2 Å². The molecule has 2 aromatic rings. The van der Waals surface area contributed by atoms with Crippen LogP contribution in [0.5, 0.6) is 0 Å². The number of hydrogen-bond donors (Lipinski definition) is 4. The smallest absolute Gasteiger partial charge is 0.407 e. The van der Waals surface area contributed by atoms with Gasteiger partial charge in [0, 0.05) is 35.9 Å². The molecule has 75 heavy (non-hydrogen) atoms. The van der Waals surface area contributed by atoms with Gasteiger partial charge in [0.15, 0.2) is 0 Å². The Labute approximate surface area is 463 Å². The van der Waals surface area contributed by atoms with Gasteiger partial charge in [0.25, 0.3) is 0 Å². The maximum Gasteiger partial charge on any atom is 0.407 e. The molecule has 442 valence electrons. The Morgan fingerprint density at radius 3 is 0.773 bits per heavy atom. The number of aromatic nitrogens is 1. The van der Waals surface area contributed by atoms with Crippen LogP contribution in [0.25, 0.3) is 11.3 Å². The van der Waals surface area contributed by atoms with Gasteiger partial charge in [-0.1, -0.05) is 225 Å². The summed E-state index contributed by atoms with van der Waals surface area (Å²) in [7, 11) is 5.54. The summed E-state index contributed by atoms with van der Waals surface area (Å²) in [6.45, 7) is 55.3. The molecule has 0 spiro atoms. The summed E-state index contributed by atoms with van der Waals surface area (Å²) in [4.78, 5) is 48.5. The topological polar surface area (TPSA) is 166 Å². The summed E-state index contributed by atoms with van der Waals surface area (Å²) in [5, 5.41) is 11.4. The third-order valence-electron chi connectivity index (χ3n) is 12.1. The fourth-order valence-corrected chi connectivity index (χ4v) is 7.85. The number of alkyl carbamates (subject to hydrolysis) is 4. The predicted molar refractivity (Wildman–Crippen MR) is 321 cm³/mol. The highest BCUT2D eigenvalue weighted by atomic mass is 16.5. The number of rotatable bonds is 11. The van der Waals surface area contributed by atoms with Crippen LogP contribution in [-0.2, 0) is 18.9 Å². The first-order valence-corrected chi connectivity index (χ1v) is 26.5. The Morgan fingerprint density at radius 1 is 0.387 bits per heavy atom. The van der Waals surface area contributed by atoms with Gasteiger partial charge < -0.3 is 40.2 Å². The Balaban J connectivity index is -0.000000192. The molecular formula is C62H121N5O8. The first-order chi connectivity index (χ1) is 33.1. The van der Waals surface area contributed by atoms with E-state index in [1.165, 1.54) is 39.6 Å². The minimum atomic E-state index is -0.353. The van der Waals surface area contributed by atoms with Gasteiger partial charge in [-0.25, -0.2) is 19.2 Å². The van der Waals surface area contributed by atoms with Gasteiger partial charge in [-0.05, 0) is 80.8 Å². The SMILES string of the molecule is C.C.CC(C)C(C)C.CC(C)c1ccc(-c2ccccn2)cc1.COC(=O)NC(C(C)C)C(C)(C)C.COC(=O)NC(C(C)C)C(C)(C)C.COC(=O)NC(C(C)C)C(C)(C)C.COC(=O)NC(C(C)C)C(C)(C)C. The molecule has 1 aromatic carbocycles. The molecule has 1 aromatic heterocycles. The van der Waals surface area contributed by atoms with Crippen LogP contribution in [0.4, 0.5) is 19.2 Å². The zero-order valence-corrected chi connectivity index (χ0v) is 52.2. The summed E-state index contributed by atoms with van der Waals surface area (Å²) in [5.74, 6) is 3.90. The molecule has 0 aliphatic heterocycles. The maximum atomic E-state index is 11.0. The minimum Gasteiger partial charge on any atom is -0.453 e. The number of nitrogens with one attached hydrogen (secondary N) is 4. The van der Waals surface area contributed by atoms with Crippen LogP contribution in [0.1, 0.15) is 206 Å². The number of benzene rings is 1. The van der Waals surface area contributed by atoms with Crippen molar-refractivity contribution in [1.29, 1.82) is 0 Å². The van der Waals surface area contributed by atoms with Crippen molar-refractivity contribution >= 4 is 24.4 Å². The maximum absolute atomic E-state index is 11.0. The lowest BCUT2D eigenvalue weighted by Gasteiger charge is -2.34. The zero-order valence-electron chi connectivity index (χ0n) is 52.2. The van der Waals surface area contributed by atoms with Crippen molar-refractivity contribution in [3.63, 3.8) is 0 Å². The summed E-state index contributed by atoms with van der Waals surface area (Å²) >= 11 is 0. The largest absolute Gasteiger partial charge is 0.453 e. The molecule has 4 atom stereocenters. The van der Waals surface area contributed by atoms with Crippen LogP contribution in [0.15, 0.2) is 48.7 Å².